The van der Waals surface area contributed by atoms with Gasteiger partial charge in [-0.25, -0.2) is 0 Å². The van der Waals surface area contributed by atoms with Crippen LogP contribution in [0, 0.1) is 0 Å². The lowest BCUT2D eigenvalue weighted by Crippen LogP contribution is -2.32. The van der Waals surface area contributed by atoms with Gasteiger partial charge in [0.1, 0.15) is 17.8 Å². The summed E-state index contributed by atoms with van der Waals surface area (Å²) in [5, 5.41) is 0. The highest BCUT2D eigenvalue weighted by atomic mass is 16.6. The Morgan fingerprint density at radius 1 is 1.40 bits per heavy atom. The highest BCUT2D eigenvalue weighted by molar-refractivity contribution is 5.94. The number of Topliss-reactive ketones (excluding diaryl/α,β-unsaturated/α-hetero) is 1. The molecule has 1 rings (SSSR count). The normalized spacial score (nSPS) is 18.5. The number of ketones is 1. The predicted molar refractivity (Wildman–Crippen MR) is 57.4 cm³/mol. The fourth-order valence-corrected chi connectivity index (χ4v) is 2.11. The van der Waals surface area contributed by atoms with Crippen LogP contribution in [0.3, 0.4) is 0 Å². The Morgan fingerprint density at radius 2 is 2.00 bits per heavy atom. The van der Waals surface area contributed by atoms with Crippen molar-refractivity contribution in [2.75, 3.05) is 0 Å². The fourth-order valence-electron chi connectivity index (χ4n) is 2.11. The smallest absolute Gasteiger partial charge is 0.313 e. The van der Waals surface area contributed by atoms with Crippen molar-refractivity contribution in [2.24, 2.45) is 0 Å². The van der Waals surface area contributed by atoms with Gasteiger partial charge in [-0.1, -0.05) is 6.08 Å². The standard InChI is InChI=1S/C12H18O3/c1-3-6-12(7-4-5-8-12)15-11(14)9-10(2)13/h3H,1,4-9H2,2H3. The molecule has 1 fully saturated rings. The molecule has 0 heterocycles. The maximum absolute atomic E-state index is 11.4. The number of hydrogen-bond acceptors (Lipinski definition) is 3. The lowest BCUT2D eigenvalue weighted by atomic mass is 9.97. The molecule has 0 saturated heterocycles. The summed E-state index contributed by atoms with van der Waals surface area (Å²) in [5.74, 6) is -0.544. The molecule has 1 aliphatic carbocycles. The SMILES string of the molecule is C=CCC1(OC(=O)CC(C)=O)CCCC1. The molecule has 0 spiro atoms. The average molecular weight is 210 g/mol. The van der Waals surface area contributed by atoms with Gasteiger partial charge in [-0.15, -0.1) is 6.58 Å². The van der Waals surface area contributed by atoms with Gasteiger partial charge < -0.3 is 4.74 Å². The Kier molecular flexibility index (Phi) is 4.06. The minimum absolute atomic E-state index is 0.112. The van der Waals surface area contributed by atoms with Crippen molar-refractivity contribution in [2.45, 2.75) is 51.0 Å². The van der Waals surface area contributed by atoms with Crippen molar-refractivity contribution in [3.05, 3.63) is 12.7 Å². The first-order valence-corrected chi connectivity index (χ1v) is 5.40. The van der Waals surface area contributed by atoms with Crippen molar-refractivity contribution in [3.8, 4) is 0 Å². The first kappa shape index (κ1) is 12.0. The van der Waals surface area contributed by atoms with Crippen LogP contribution in [0.15, 0.2) is 12.7 Å². The topological polar surface area (TPSA) is 43.4 Å². The number of carbonyl (C=O) groups is 2. The summed E-state index contributed by atoms with van der Waals surface area (Å²) in [6, 6.07) is 0. The van der Waals surface area contributed by atoms with Gasteiger partial charge in [-0.05, 0) is 32.6 Å². The van der Waals surface area contributed by atoms with Gasteiger partial charge in [-0.3, -0.25) is 9.59 Å². The zero-order valence-electron chi connectivity index (χ0n) is 9.25. The molecule has 0 amide bonds. The van der Waals surface area contributed by atoms with Crippen LogP contribution in [0.4, 0.5) is 0 Å². The first-order chi connectivity index (χ1) is 7.08. The second-order valence-electron chi connectivity index (χ2n) is 4.24. The third kappa shape index (κ3) is 3.50. The average Bonchev–Trinajstić information content (AvgIpc) is 2.51. The molecule has 1 saturated carbocycles. The summed E-state index contributed by atoms with van der Waals surface area (Å²) in [7, 11) is 0. The van der Waals surface area contributed by atoms with Gasteiger partial charge in [0.2, 0.25) is 0 Å². The van der Waals surface area contributed by atoms with E-state index in [4.69, 9.17) is 4.74 Å². The molecule has 3 heteroatoms. The maximum atomic E-state index is 11.4. The molecule has 0 aromatic carbocycles. The molecule has 0 bridgehead atoms. The van der Waals surface area contributed by atoms with E-state index in [1.165, 1.54) is 6.92 Å². The van der Waals surface area contributed by atoms with Crippen molar-refractivity contribution in [3.63, 3.8) is 0 Å². The molecule has 15 heavy (non-hydrogen) atoms. The Hall–Kier alpha value is -1.12. The first-order valence-electron chi connectivity index (χ1n) is 5.40. The van der Waals surface area contributed by atoms with Gasteiger partial charge in [-0.2, -0.15) is 0 Å². The third-order valence-corrected chi connectivity index (χ3v) is 2.75. The van der Waals surface area contributed by atoms with Crippen LogP contribution in [-0.4, -0.2) is 17.4 Å². The fraction of sp³-hybridized carbons (Fsp3) is 0.667. The molecule has 0 radical (unpaired) electrons. The minimum Gasteiger partial charge on any atom is -0.458 e. The number of ether oxygens (including phenoxy) is 1. The minimum atomic E-state index is -0.397. The number of carbonyl (C=O) groups excluding carboxylic acids is 2. The third-order valence-electron chi connectivity index (χ3n) is 2.75. The molecule has 0 N–H and O–H groups in total. The lowest BCUT2D eigenvalue weighted by Gasteiger charge is -2.27. The molecule has 1 aliphatic rings. The summed E-state index contributed by atoms with van der Waals surface area (Å²) in [4.78, 5) is 22.2. The lowest BCUT2D eigenvalue weighted by molar-refractivity contribution is -0.160. The maximum Gasteiger partial charge on any atom is 0.313 e. The summed E-state index contributed by atoms with van der Waals surface area (Å²) in [6.07, 6.45) is 6.32. The van der Waals surface area contributed by atoms with Crippen LogP contribution in [0.2, 0.25) is 0 Å². The van der Waals surface area contributed by atoms with Crippen LogP contribution in [0.1, 0.15) is 45.4 Å². The summed E-state index contributed by atoms with van der Waals surface area (Å²) >= 11 is 0. The second-order valence-corrected chi connectivity index (χ2v) is 4.24. The van der Waals surface area contributed by atoms with E-state index in [9.17, 15) is 9.59 Å². The zero-order chi connectivity index (χ0) is 11.3. The van der Waals surface area contributed by atoms with Gasteiger partial charge in [0.25, 0.3) is 0 Å². The van der Waals surface area contributed by atoms with Crippen molar-refractivity contribution in [1.82, 2.24) is 0 Å². The molecule has 0 aliphatic heterocycles. The van der Waals surface area contributed by atoms with Crippen LogP contribution in [0.25, 0.3) is 0 Å². The van der Waals surface area contributed by atoms with E-state index in [1.807, 2.05) is 0 Å². The van der Waals surface area contributed by atoms with Gasteiger partial charge >= 0.3 is 5.97 Å². The van der Waals surface area contributed by atoms with Crippen LogP contribution >= 0.6 is 0 Å². The van der Waals surface area contributed by atoms with Crippen LogP contribution in [-0.2, 0) is 14.3 Å². The highest BCUT2D eigenvalue weighted by Crippen LogP contribution is 2.36. The van der Waals surface area contributed by atoms with E-state index in [0.29, 0.717) is 6.42 Å². The van der Waals surface area contributed by atoms with Crippen molar-refractivity contribution in [1.29, 1.82) is 0 Å². The number of hydrogen-bond donors (Lipinski definition) is 0. The second kappa shape index (κ2) is 5.10. The largest absolute Gasteiger partial charge is 0.458 e. The highest BCUT2D eigenvalue weighted by Gasteiger charge is 2.36. The molecular formula is C12H18O3. The Labute approximate surface area is 90.5 Å². The molecular weight excluding hydrogens is 192 g/mol. The van der Waals surface area contributed by atoms with Crippen molar-refractivity contribution < 1.29 is 14.3 Å². The van der Waals surface area contributed by atoms with E-state index in [1.54, 1.807) is 6.08 Å². The quantitative estimate of drug-likeness (QED) is 0.397. The summed E-state index contributed by atoms with van der Waals surface area (Å²) in [5.41, 5.74) is -0.367. The Balaban J connectivity index is 2.54. The van der Waals surface area contributed by atoms with Gasteiger partial charge in [0.15, 0.2) is 0 Å². The molecule has 84 valence electrons. The van der Waals surface area contributed by atoms with E-state index in [-0.39, 0.29) is 17.8 Å². The van der Waals surface area contributed by atoms with E-state index >= 15 is 0 Å². The predicted octanol–water partition coefficient (Wildman–Crippen LogP) is 2.40. The summed E-state index contributed by atoms with van der Waals surface area (Å²) in [6.45, 7) is 5.08. The van der Waals surface area contributed by atoms with Crippen LogP contribution < -0.4 is 0 Å². The van der Waals surface area contributed by atoms with Crippen LogP contribution in [0.5, 0.6) is 0 Å². The van der Waals surface area contributed by atoms with Gasteiger partial charge in [0, 0.05) is 6.42 Å². The van der Waals surface area contributed by atoms with E-state index < -0.39 is 5.97 Å². The number of esters is 1. The Morgan fingerprint density at radius 3 is 2.47 bits per heavy atom. The number of rotatable bonds is 5. The van der Waals surface area contributed by atoms with E-state index in [0.717, 1.165) is 25.7 Å². The molecule has 0 aromatic heterocycles. The summed E-state index contributed by atoms with van der Waals surface area (Å²) < 4.78 is 5.42. The molecule has 0 unspecified atom stereocenters. The monoisotopic (exact) mass is 210 g/mol. The molecule has 0 aromatic rings. The zero-order valence-corrected chi connectivity index (χ0v) is 9.25. The van der Waals surface area contributed by atoms with Gasteiger partial charge in [0.05, 0.1) is 0 Å². The molecule has 3 nitrogen and oxygen atoms in total. The van der Waals surface area contributed by atoms with E-state index in [2.05, 4.69) is 6.58 Å². The molecule has 0 atom stereocenters. The Bertz CT molecular complexity index is 262. The van der Waals surface area contributed by atoms with Crippen molar-refractivity contribution >= 4 is 11.8 Å².